The monoisotopic (exact) mass is 479 g/mol. The van der Waals surface area contributed by atoms with Crippen LogP contribution in [-0.2, 0) is 20.9 Å². The second-order valence-corrected chi connectivity index (χ2v) is 9.18. The number of para-hydroxylation sites is 1. The maximum absolute atomic E-state index is 11.3. The maximum atomic E-state index is 11.3. The van der Waals surface area contributed by atoms with Crippen LogP contribution in [0.15, 0.2) is 77.7 Å². The third kappa shape index (κ3) is 6.18. The maximum Gasteiger partial charge on any atom is 0.221 e. The molecule has 34 heavy (non-hydrogen) atoms. The van der Waals surface area contributed by atoms with E-state index in [1.54, 1.807) is 18.9 Å². The predicted molar refractivity (Wildman–Crippen MR) is 133 cm³/mol. The van der Waals surface area contributed by atoms with E-state index in [4.69, 9.17) is 14.2 Å². The highest BCUT2D eigenvalue weighted by molar-refractivity contribution is 7.99. The number of nitrogens with one attached hydrogen (secondary N) is 1. The van der Waals surface area contributed by atoms with E-state index in [-0.39, 0.29) is 24.7 Å². The second kappa shape index (κ2) is 11.5. The number of carbonyl (C=O) groups excluding carboxylic acids is 1. The van der Waals surface area contributed by atoms with E-state index in [0.29, 0.717) is 6.42 Å². The molecule has 3 aromatic carbocycles. The van der Waals surface area contributed by atoms with Crippen molar-refractivity contribution < 1.29 is 24.1 Å². The quantitative estimate of drug-likeness (QED) is 0.417. The minimum Gasteiger partial charge on any atom is -0.496 e. The summed E-state index contributed by atoms with van der Waals surface area (Å²) < 4.78 is 18.2. The number of anilines is 1. The van der Waals surface area contributed by atoms with Crippen molar-refractivity contribution in [3.05, 3.63) is 89.5 Å². The van der Waals surface area contributed by atoms with Gasteiger partial charge in [0.1, 0.15) is 5.75 Å². The minimum absolute atomic E-state index is 0.0103. The van der Waals surface area contributed by atoms with Gasteiger partial charge in [-0.2, -0.15) is 0 Å². The highest BCUT2D eigenvalue weighted by Gasteiger charge is 2.32. The Morgan fingerprint density at radius 2 is 1.74 bits per heavy atom. The van der Waals surface area contributed by atoms with Crippen molar-refractivity contribution in [3.63, 3.8) is 0 Å². The van der Waals surface area contributed by atoms with Crippen LogP contribution in [0.25, 0.3) is 0 Å². The topological polar surface area (TPSA) is 77.0 Å². The molecule has 0 aromatic heterocycles. The molecule has 0 unspecified atom stereocenters. The van der Waals surface area contributed by atoms with E-state index in [2.05, 4.69) is 5.32 Å². The molecular weight excluding hydrogens is 450 g/mol. The van der Waals surface area contributed by atoms with E-state index in [9.17, 15) is 9.90 Å². The largest absolute Gasteiger partial charge is 0.496 e. The number of thioether (sulfide) groups is 1. The zero-order chi connectivity index (χ0) is 23.9. The molecular formula is C27H29NO5S. The zero-order valence-electron chi connectivity index (χ0n) is 19.3. The molecule has 2 N–H and O–H groups in total. The first-order chi connectivity index (χ1) is 16.6. The molecule has 1 aliphatic rings. The normalized spacial score (nSPS) is 20.0. The van der Waals surface area contributed by atoms with Gasteiger partial charge in [-0.05, 0) is 35.4 Å². The van der Waals surface area contributed by atoms with Gasteiger partial charge in [0.2, 0.25) is 5.91 Å². The Bertz CT molecular complexity index is 1090. The molecule has 0 spiro atoms. The Hall–Kier alpha value is -2.84. The van der Waals surface area contributed by atoms with Crippen LogP contribution in [-0.4, -0.2) is 30.0 Å². The van der Waals surface area contributed by atoms with Gasteiger partial charge in [0, 0.05) is 35.2 Å². The fourth-order valence-corrected chi connectivity index (χ4v) is 4.92. The lowest BCUT2D eigenvalue weighted by molar-refractivity contribution is -0.245. The summed E-state index contributed by atoms with van der Waals surface area (Å²) in [6, 6.07) is 23.3. The van der Waals surface area contributed by atoms with Crippen LogP contribution in [0.4, 0.5) is 5.69 Å². The first-order valence-corrected chi connectivity index (χ1v) is 12.2. The molecule has 1 saturated heterocycles. The van der Waals surface area contributed by atoms with E-state index in [0.717, 1.165) is 38.8 Å². The lowest BCUT2D eigenvalue weighted by Gasteiger charge is -2.36. The van der Waals surface area contributed by atoms with E-state index in [1.165, 1.54) is 6.92 Å². The third-order valence-corrected chi connectivity index (χ3v) is 6.80. The molecule has 1 aliphatic heterocycles. The molecule has 178 valence electrons. The number of carbonyl (C=O) groups is 1. The molecule has 3 atom stereocenters. The van der Waals surface area contributed by atoms with Crippen LogP contribution in [0, 0.1) is 0 Å². The van der Waals surface area contributed by atoms with Gasteiger partial charge in [0.15, 0.2) is 6.29 Å². The number of aliphatic hydroxyl groups is 1. The molecule has 4 rings (SSSR count). The Labute approximate surface area is 204 Å². The smallest absolute Gasteiger partial charge is 0.221 e. The van der Waals surface area contributed by atoms with E-state index < -0.39 is 6.29 Å². The molecule has 6 nitrogen and oxygen atoms in total. The van der Waals surface area contributed by atoms with Gasteiger partial charge in [-0.25, -0.2) is 0 Å². The van der Waals surface area contributed by atoms with Gasteiger partial charge in [0.05, 0.1) is 25.9 Å². The van der Waals surface area contributed by atoms with Gasteiger partial charge >= 0.3 is 0 Å². The van der Waals surface area contributed by atoms with Gasteiger partial charge in [-0.3, -0.25) is 4.79 Å². The number of methoxy groups -OCH3 is 1. The highest BCUT2D eigenvalue weighted by Crippen LogP contribution is 2.40. The molecule has 0 saturated carbocycles. The third-order valence-electron chi connectivity index (χ3n) is 5.61. The first kappa shape index (κ1) is 24.3. The molecule has 3 aromatic rings. The van der Waals surface area contributed by atoms with Crippen molar-refractivity contribution in [3.8, 4) is 5.75 Å². The van der Waals surface area contributed by atoms with Crippen molar-refractivity contribution in [2.24, 2.45) is 0 Å². The Kier molecular flexibility index (Phi) is 8.24. The molecule has 0 bridgehead atoms. The highest BCUT2D eigenvalue weighted by atomic mass is 32.2. The summed E-state index contributed by atoms with van der Waals surface area (Å²) in [6.07, 6.45) is -0.0249. The van der Waals surface area contributed by atoms with Crippen molar-refractivity contribution in [1.82, 2.24) is 0 Å². The second-order valence-electron chi connectivity index (χ2n) is 8.12. The van der Waals surface area contributed by atoms with E-state index in [1.807, 2.05) is 72.8 Å². The molecule has 1 amide bonds. The van der Waals surface area contributed by atoms with Crippen LogP contribution in [0.2, 0.25) is 0 Å². The molecule has 7 heteroatoms. The van der Waals surface area contributed by atoms with Crippen LogP contribution in [0.1, 0.15) is 42.4 Å². The van der Waals surface area contributed by atoms with Gasteiger partial charge < -0.3 is 24.6 Å². The fourth-order valence-electron chi connectivity index (χ4n) is 3.87. The zero-order valence-corrected chi connectivity index (χ0v) is 20.1. The Morgan fingerprint density at radius 3 is 2.41 bits per heavy atom. The van der Waals surface area contributed by atoms with Crippen molar-refractivity contribution in [1.29, 1.82) is 0 Å². The summed E-state index contributed by atoms with van der Waals surface area (Å²) in [5, 5.41) is 12.2. The van der Waals surface area contributed by atoms with E-state index >= 15 is 0 Å². The van der Waals surface area contributed by atoms with Gasteiger partial charge in [-0.15, -0.1) is 11.8 Å². The Morgan fingerprint density at radius 1 is 1.03 bits per heavy atom. The summed E-state index contributed by atoms with van der Waals surface area (Å²) in [7, 11) is 1.68. The SMILES string of the molecule is COc1ccccc1SC[C@@H]1C[C@H](c2ccc(CO)cc2)O[C@H](c2ccc(NC(C)=O)cc2)O1. The lowest BCUT2D eigenvalue weighted by Crippen LogP contribution is -2.31. The average Bonchev–Trinajstić information content (AvgIpc) is 2.87. The van der Waals surface area contributed by atoms with Crippen LogP contribution >= 0.6 is 11.8 Å². The van der Waals surface area contributed by atoms with Crippen LogP contribution in [0.5, 0.6) is 5.75 Å². The first-order valence-electron chi connectivity index (χ1n) is 11.2. The number of rotatable bonds is 8. The Balaban J connectivity index is 1.53. The molecule has 0 radical (unpaired) electrons. The van der Waals surface area contributed by atoms with Crippen molar-refractivity contribution >= 4 is 23.4 Å². The molecule has 0 aliphatic carbocycles. The predicted octanol–water partition coefficient (Wildman–Crippen LogP) is 5.48. The number of ether oxygens (including phenoxy) is 3. The van der Waals surface area contributed by atoms with Crippen molar-refractivity contribution in [2.75, 3.05) is 18.2 Å². The minimum atomic E-state index is -0.536. The standard InChI is InChI=1S/C27H29NO5S/c1-18(30)28-22-13-11-21(12-14-22)27-32-23(17-34-26-6-4-3-5-24(26)31-2)15-25(33-27)20-9-7-19(16-29)8-10-20/h3-14,23,25,27,29H,15-17H2,1-2H3,(H,28,30)/t23-,25+,27+/m0/s1. The summed E-state index contributed by atoms with van der Waals surface area (Å²) in [5.41, 5.74) is 3.53. The number of aliphatic hydroxyl groups excluding tert-OH is 1. The number of benzene rings is 3. The van der Waals surface area contributed by atoms with Crippen LogP contribution in [0.3, 0.4) is 0 Å². The van der Waals surface area contributed by atoms with Gasteiger partial charge in [0.25, 0.3) is 0 Å². The molecule has 1 fully saturated rings. The molecule has 1 heterocycles. The number of amides is 1. The summed E-state index contributed by atoms with van der Waals surface area (Å²) >= 11 is 1.70. The summed E-state index contributed by atoms with van der Waals surface area (Å²) in [4.78, 5) is 12.4. The van der Waals surface area contributed by atoms with Gasteiger partial charge in [-0.1, -0.05) is 48.5 Å². The summed E-state index contributed by atoms with van der Waals surface area (Å²) in [5.74, 6) is 1.48. The summed E-state index contributed by atoms with van der Waals surface area (Å²) in [6.45, 7) is 1.49. The number of hydrogen-bond donors (Lipinski definition) is 2. The lowest BCUT2D eigenvalue weighted by atomic mass is 10.0. The average molecular weight is 480 g/mol. The van der Waals surface area contributed by atoms with Crippen molar-refractivity contribution in [2.45, 2.75) is 43.3 Å². The fraction of sp³-hybridized carbons (Fsp3) is 0.296. The van der Waals surface area contributed by atoms with Crippen LogP contribution < -0.4 is 10.1 Å². The number of hydrogen-bond acceptors (Lipinski definition) is 6.